The van der Waals surface area contributed by atoms with E-state index in [1.165, 1.54) is 17.7 Å². The Morgan fingerprint density at radius 1 is 1.58 bits per heavy atom. The molecule has 2 rings (SSSR count). The van der Waals surface area contributed by atoms with Crippen molar-refractivity contribution in [3.63, 3.8) is 0 Å². The van der Waals surface area contributed by atoms with Crippen molar-refractivity contribution in [3.05, 3.63) is 28.0 Å². The van der Waals surface area contributed by atoms with Crippen LogP contribution in [0.3, 0.4) is 0 Å². The molecule has 2 aromatic rings. The molecular weight excluding hydrogens is 266 g/mol. The van der Waals surface area contributed by atoms with Crippen molar-refractivity contribution in [3.8, 4) is 5.75 Å². The number of aromatic nitrogens is 3. The maximum Gasteiger partial charge on any atom is 0.349 e. The van der Waals surface area contributed by atoms with Crippen molar-refractivity contribution in [2.24, 2.45) is 7.05 Å². The van der Waals surface area contributed by atoms with Crippen LogP contribution in [-0.2, 0) is 13.7 Å². The van der Waals surface area contributed by atoms with Gasteiger partial charge in [0.05, 0.1) is 0 Å². The van der Waals surface area contributed by atoms with Crippen molar-refractivity contribution in [1.82, 2.24) is 14.8 Å². The largest absolute Gasteiger partial charge is 0.484 e. The summed E-state index contributed by atoms with van der Waals surface area (Å²) < 4.78 is 7.15. The highest BCUT2D eigenvalue weighted by Crippen LogP contribution is 2.34. The van der Waals surface area contributed by atoms with Crippen molar-refractivity contribution in [2.45, 2.75) is 26.4 Å². The lowest BCUT2D eigenvalue weighted by Crippen LogP contribution is -2.05. The van der Waals surface area contributed by atoms with Crippen LogP contribution in [-0.4, -0.2) is 25.8 Å². The first kappa shape index (κ1) is 13.5. The minimum Gasteiger partial charge on any atom is -0.484 e. The molecule has 0 radical (unpaired) electrons. The predicted molar refractivity (Wildman–Crippen MR) is 70.7 cm³/mol. The number of nitrogens with zero attached hydrogens (tertiary/aromatic N) is 3. The van der Waals surface area contributed by atoms with Gasteiger partial charge in [0.25, 0.3) is 0 Å². The van der Waals surface area contributed by atoms with Gasteiger partial charge in [0.1, 0.15) is 18.7 Å². The number of carboxylic acids is 1. The Morgan fingerprint density at radius 2 is 2.32 bits per heavy atom. The summed E-state index contributed by atoms with van der Waals surface area (Å²) in [6, 6.07) is 1.79. The van der Waals surface area contributed by atoms with Gasteiger partial charge in [-0.05, 0) is 12.0 Å². The lowest BCUT2D eigenvalue weighted by Gasteiger charge is -2.04. The summed E-state index contributed by atoms with van der Waals surface area (Å²) in [7, 11) is 1.76. The number of ether oxygens (including phenoxy) is 1. The van der Waals surface area contributed by atoms with Crippen molar-refractivity contribution in [2.75, 3.05) is 0 Å². The van der Waals surface area contributed by atoms with E-state index in [-0.39, 0.29) is 17.4 Å². The van der Waals surface area contributed by atoms with Crippen LogP contribution in [0.2, 0.25) is 0 Å². The Morgan fingerprint density at radius 3 is 2.84 bits per heavy atom. The molecule has 0 saturated carbocycles. The molecule has 0 aliphatic rings. The van der Waals surface area contributed by atoms with Gasteiger partial charge in [-0.3, -0.25) is 4.68 Å². The fourth-order valence-electron chi connectivity index (χ4n) is 1.53. The standard InChI is InChI=1S/C12H15N3O3S/c1-7(2)9-4-8(11(19-9)12(16)17)18-5-10-13-6-14-15(10)3/h4,6-7H,5H2,1-3H3,(H,16,17). The minimum absolute atomic E-state index is 0.199. The molecule has 0 amide bonds. The molecule has 0 spiro atoms. The van der Waals surface area contributed by atoms with Crippen LogP contribution >= 0.6 is 11.3 Å². The average Bonchev–Trinajstić information content (AvgIpc) is 2.92. The number of aromatic carboxylic acids is 1. The van der Waals surface area contributed by atoms with E-state index in [1.54, 1.807) is 17.8 Å². The van der Waals surface area contributed by atoms with Gasteiger partial charge in [-0.2, -0.15) is 5.10 Å². The first-order valence-corrected chi connectivity index (χ1v) is 6.63. The second-order valence-corrected chi connectivity index (χ2v) is 5.47. The maximum atomic E-state index is 11.2. The summed E-state index contributed by atoms with van der Waals surface area (Å²) >= 11 is 1.25. The molecule has 7 heteroatoms. The lowest BCUT2D eigenvalue weighted by atomic mass is 10.2. The molecule has 0 aliphatic carbocycles. The Bertz CT molecular complexity index is 589. The molecule has 0 bridgehead atoms. The van der Waals surface area contributed by atoms with E-state index in [2.05, 4.69) is 10.1 Å². The van der Waals surface area contributed by atoms with Gasteiger partial charge >= 0.3 is 5.97 Å². The van der Waals surface area contributed by atoms with Gasteiger partial charge in [0.2, 0.25) is 0 Å². The number of carboxylic acid groups (broad SMARTS) is 1. The third-order valence-electron chi connectivity index (χ3n) is 2.64. The predicted octanol–water partition coefficient (Wildman–Crippen LogP) is 2.28. The quantitative estimate of drug-likeness (QED) is 0.909. The SMILES string of the molecule is CC(C)c1cc(OCc2ncnn2C)c(C(=O)O)s1. The summed E-state index contributed by atoms with van der Waals surface area (Å²) in [6.07, 6.45) is 1.43. The van der Waals surface area contributed by atoms with E-state index in [1.807, 2.05) is 13.8 Å². The van der Waals surface area contributed by atoms with Crippen LogP contribution in [0.15, 0.2) is 12.4 Å². The summed E-state index contributed by atoms with van der Waals surface area (Å²) in [6.45, 7) is 4.23. The summed E-state index contributed by atoms with van der Waals surface area (Å²) in [5, 5.41) is 13.1. The summed E-state index contributed by atoms with van der Waals surface area (Å²) in [5.41, 5.74) is 0. The molecule has 2 heterocycles. The van der Waals surface area contributed by atoms with Crippen LogP contribution in [0.25, 0.3) is 0 Å². The average molecular weight is 281 g/mol. The molecule has 0 saturated heterocycles. The van der Waals surface area contributed by atoms with Gasteiger partial charge in [0, 0.05) is 11.9 Å². The number of thiophene rings is 1. The number of hydrogen-bond acceptors (Lipinski definition) is 5. The van der Waals surface area contributed by atoms with Crippen LogP contribution in [0.4, 0.5) is 0 Å². The fourth-order valence-corrected chi connectivity index (χ4v) is 2.47. The van der Waals surface area contributed by atoms with E-state index >= 15 is 0 Å². The highest BCUT2D eigenvalue weighted by molar-refractivity contribution is 7.14. The normalized spacial score (nSPS) is 10.9. The Balaban J connectivity index is 2.19. The molecule has 0 fully saturated rings. The number of carbonyl (C=O) groups is 1. The van der Waals surface area contributed by atoms with Crippen LogP contribution in [0.5, 0.6) is 5.75 Å². The molecule has 102 valence electrons. The first-order valence-electron chi connectivity index (χ1n) is 5.81. The Kier molecular flexibility index (Phi) is 3.84. The molecule has 0 aromatic carbocycles. The summed E-state index contributed by atoms with van der Waals surface area (Å²) in [5.74, 6) is 0.345. The molecule has 0 aliphatic heterocycles. The molecule has 0 unspecified atom stereocenters. The maximum absolute atomic E-state index is 11.2. The number of hydrogen-bond donors (Lipinski definition) is 1. The van der Waals surface area contributed by atoms with Gasteiger partial charge in [-0.25, -0.2) is 9.78 Å². The van der Waals surface area contributed by atoms with E-state index in [0.717, 1.165) is 4.88 Å². The van der Waals surface area contributed by atoms with Gasteiger partial charge in [0.15, 0.2) is 10.7 Å². The second kappa shape index (κ2) is 5.40. The molecule has 2 aromatic heterocycles. The molecular formula is C12H15N3O3S. The first-order chi connectivity index (χ1) is 8.99. The number of rotatable bonds is 5. The third-order valence-corrected chi connectivity index (χ3v) is 4.05. The second-order valence-electron chi connectivity index (χ2n) is 4.39. The summed E-state index contributed by atoms with van der Waals surface area (Å²) in [4.78, 5) is 16.4. The zero-order valence-corrected chi connectivity index (χ0v) is 11.8. The highest BCUT2D eigenvalue weighted by atomic mass is 32.1. The lowest BCUT2D eigenvalue weighted by molar-refractivity contribution is 0.0697. The third kappa shape index (κ3) is 2.93. The monoisotopic (exact) mass is 281 g/mol. The fraction of sp³-hybridized carbons (Fsp3) is 0.417. The Labute approximate surface area is 114 Å². The van der Waals surface area contributed by atoms with Crippen molar-refractivity contribution >= 4 is 17.3 Å². The van der Waals surface area contributed by atoms with Crippen LogP contribution in [0, 0.1) is 0 Å². The van der Waals surface area contributed by atoms with Crippen molar-refractivity contribution < 1.29 is 14.6 Å². The molecule has 1 N–H and O–H groups in total. The number of aryl methyl sites for hydroxylation is 1. The topological polar surface area (TPSA) is 77.2 Å². The molecule has 6 nitrogen and oxygen atoms in total. The van der Waals surface area contributed by atoms with Gasteiger partial charge in [-0.15, -0.1) is 11.3 Å². The molecule has 0 atom stereocenters. The van der Waals surface area contributed by atoms with E-state index in [0.29, 0.717) is 11.6 Å². The van der Waals surface area contributed by atoms with E-state index in [4.69, 9.17) is 9.84 Å². The Hall–Kier alpha value is -1.89. The molecule has 19 heavy (non-hydrogen) atoms. The van der Waals surface area contributed by atoms with Crippen LogP contribution in [0.1, 0.15) is 40.1 Å². The van der Waals surface area contributed by atoms with E-state index < -0.39 is 5.97 Å². The van der Waals surface area contributed by atoms with Gasteiger partial charge in [-0.1, -0.05) is 13.8 Å². The van der Waals surface area contributed by atoms with E-state index in [9.17, 15) is 4.79 Å². The zero-order chi connectivity index (χ0) is 14.0. The minimum atomic E-state index is -0.968. The van der Waals surface area contributed by atoms with Gasteiger partial charge < -0.3 is 9.84 Å². The van der Waals surface area contributed by atoms with Crippen LogP contribution < -0.4 is 4.74 Å². The zero-order valence-electron chi connectivity index (χ0n) is 11.0. The van der Waals surface area contributed by atoms with Crippen molar-refractivity contribution in [1.29, 1.82) is 0 Å². The highest BCUT2D eigenvalue weighted by Gasteiger charge is 2.18. The smallest absolute Gasteiger partial charge is 0.349 e.